The van der Waals surface area contributed by atoms with Crippen LogP contribution in [-0.2, 0) is 15.8 Å². The lowest BCUT2D eigenvalue weighted by molar-refractivity contribution is -0.137. The molecule has 2 aromatic rings. The van der Waals surface area contributed by atoms with E-state index >= 15 is 0 Å². The lowest BCUT2D eigenvalue weighted by Crippen LogP contribution is -2.45. The van der Waals surface area contributed by atoms with Gasteiger partial charge in [0.1, 0.15) is 0 Å². The quantitative estimate of drug-likeness (QED) is 0.686. The zero-order valence-corrected chi connectivity index (χ0v) is 17.4. The van der Waals surface area contributed by atoms with Crippen molar-refractivity contribution in [3.8, 4) is 0 Å². The highest BCUT2D eigenvalue weighted by Crippen LogP contribution is 2.34. The van der Waals surface area contributed by atoms with Crippen molar-refractivity contribution in [2.24, 2.45) is 0 Å². The van der Waals surface area contributed by atoms with Gasteiger partial charge in [0, 0.05) is 5.69 Å². The molecule has 1 unspecified atom stereocenters. The number of para-hydroxylation sites is 1. The molecule has 2 amide bonds. The van der Waals surface area contributed by atoms with Gasteiger partial charge in [-0.05, 0) is 51.1 Å². The summed E-state index contributed by atoms with van der Waals surface area (Å²) in [6.45, 7) is 7.42. The topological polar surface area (TPSA) is 61.4 Å². The molecule has 0 heterocycles. The predicted octanol–water partition coefficient (Wildman–Crippen LogP) is 4.61. The molecule has 8 heteroatoms. The fourth-order valence-corrected chi connectivity index (χ4v) is 3.09. The van der Waals surface area contributed by atoms with Gasteiger partial charge in [0.05, 0.1) is 23.8 Å². The molecule has 0 aromatic heterocycles. The summed E-state index contributed by atoms with van der Waals surface area (Å²) >= 11 is 0. The number of rotatable bonds is 7. The molecule has 2 aromatic carbocycles. The Bertz CT molecular complexity index is 913. The van der Waals surface area contributed by atoms with Gasteiger partial charge in [-0.15, -0.1) is 0 Å². The van der Waals surface area contributed by atoms with E-state index in [1.807, 2.05) is 32.0 Å². The average Bonchev–Trinajstić information content (AvgIpc) is 2.67. The minimum absolute atomic E-state index is 0.218. The van der Waals surface area contributed by atoms with E-state index in [0.29, 0.717) is 12.2 Å². The van der Waals surface area contributed by atoms with Gasteiger partial charge in [0.25, 0.3) is 0 Å². The first-order valence-electron chi connectivity index (χ1n) is 9.61. The summed E-state index contributed by atoms with van der Waals surface area (Å²) in [7, 11) is 0. The number of carbonyl (C=O) groups excluding carboxylic acids is 2. The molecule has 162 valence electrons. The van der Waals surface area contributed by atoms with Gasteiger partial charge >= 0.3 is 6.18 Å². The van der Waals surface area contributed by atoms with Crippen LogP contribution < -0.4 is 10.6 Å². The Kier molecular flexibility index (Phi) is 7.61. The highest BCUT2D eigenvalue weighted by molar-refractivity contribution is 5.97. The summed E-state index contributed by atoms with van der Waals surface area (Å²) < 4.78 is 39.3. The number of anilines is 2. The van der Waals surface area contributed by atoms with Crippen LogP contribution in [0.3, 0.4) is 0 Å². The molecular formula is C22H26F3N3O2. The van der Waals surface area contributed by atoms with Crippen molar-refractivity contribution in [1.82, 2.24) is 4.90 Å². The van der Waals surface area contributed by atoms with Crippen LogP contribution in [0.25, 0.3) is 0 Å². The summed E-state index contributed by atoms with van der Waals surface area (Å²) in [6.07, 6.45) is -4.58. The van der Waals surface area contributed by atoms with E-state index in [2.05, 4.69) is 10.6 Å². The Morgan fingerprint density at radius 2 is 1.70 bits per heavy atom. The first-order valence-corrected chi connectivity index (χ1v) is 9.61. The maximum Gasteiger partial charge on any atom is 0.418 e. The lowest BCUT2D eigenvalue weighted by atomic mass is 10.1. The first kappa shape index (κ1) is 23.4. The molecule has 0 bridgehead atoms. The van der Waals surface area contributed by atoms with Gasteiger partial charge in [-0.25, -0.2) is 0 Å². The second-order valence-electron chi connectivity index (χ2n) is 7.14. The smallest absolute Gasteiger partial charge is 0.324 e. The van der Waals surface area contributed by atoms with E-state index in [0.717, 1.165) is 17.2 Å². The number of likely N-dealkylation sites (N-methyl/N-ethyl adjacent to an activating group) is 1. The van der Waals surface area contributed by atoms with E-state index < -0.39 is 23.7 Å². The largest absolute Gasteiger partial charge is 0.418 e. The van der Waals surface area contributed by atoms with Gasteiger partial charge in [0.15, 0.2) is 0 Å². The van der Waals surface area contributed by atoms with Crippen LogP contribution in [0.15, 0.2) is 42.5 Å². The number of benzene rings is 2. The van der Waals surface area contributed by atoms with Gasteiger partial charge < -0.3 is 10.6 Å². The molecule has 0 saturated heterocycles. The molecule has 0 fully saturated rings. The second kappa shape index (κ2) is 9.75. The second-order valence-corrected chi connectivity index (χ2v) is 7.14. The number of nitrogens with zero attached hydrogens (tertiary/aromatic N) is 1. The van der Waals surface area contributed by atoms with E-state index in [1.165, 1.54) is 18.2 Å². The van der Waals surface area contributed by atoms with Crippen molar-refractivity contribution in [3.05, 3.63) is 59.2 Å². The van der Waals surface area contributed by atoms with E-state index in [1.54, 1.807) is 18.7 Å². The number of hydrogen-bond acceptors (Lipinski definition) is 3. The van der Waals surface area contributed by atoms with Crippen LogP contribution in [0.4, 0.5) is 24.5 Å². The standard InChI is InChI=1S/C22H26F3N3O2/c1-5-28(16(4)21(30)27-18-11-10-14(2)12-15(18)3)13-20(29)26-19-9-7-6-8-17(19)22(23,24)25/h6-12,16H,5,13H2,1-4H3,(H,26,29)(H,27,30). The third-order valence-corrected chi connectivity index (χ3v) is 4.83. The Morgan fingerprint density at radius 3 is 2.30 bits per heavy atom. The van der Waals surface area contributed by atoms with Gasteiger partial charge in [-0.2, -0.15) is 13.2 Å². The molecule has 2 N–H and O–H groups in total. The van der Waals surface area contributed by atoms with E-state index in [4.69, 9.17) is 0 Å². The summed E-state index contributed by atoms with van der Waals surface area (Å²) in [5.74, 6) is -0.924. The number of halogens is 3. The minimum atomic E-state index is -4.58. The number of alkyl halides is 3. The lowest BCUT2D eigenvalue weighted by Gasteiger charge is -2.26. The molecule has 2 rings (SSSR count). The van der Waals surface area contributed by atoms with Gasteiger partial charge in [-0.3, -0.25) is 14.5 Å². The molecule has 0 aliphatic carbocycles. The highest BCUT2D eigenvalue weighted by Gasteiger charge is 2.33. The van der Waals surface area contributed by atoms with Crippen molar-refractivity contribution in [2.75, 3.05) is 23.7 Å². The summed E-state index contributed by atoms with van der Waals surface area (Å²) in [4.78, 5) is 26.6. The molecule has 0 spiro atoms. The number of aryl methyl sites for hydroxylation is 2. The Balaban J connectivity index is 2.05. The van der Waals surface area contributed by atoms with Crippen molar-refractivity contribution < 1.29 is 22.8 Å². The maximum absolute atomic E-state index is 13.1. The predicted molar refractivity (Wildman–Crippen MR) is 111 cm³/mol. The van der Waals surface area contributed by atoms with Crippen molar-refractivity contribution >= 4 is 23.2 Å². The highest BCUT2D eigenvalue weighted by atomic mass is 19.4. The summed E-state index contributed by atoms with van der Waals surface area (Å²) in [5.41, 5.74) is 1.45. The van der Waals surface area contributed by atoms with Crippen molar-refractivity contribution in [2.45, 2.75) is 39.9 Å². The van der Waals surface area contributed by atoms with Gasteiger partial charge in [-0.1, -0.05) is 36.8 Å². The van der Waals surface area contributed by atoms with Crippen LogP contribution in [0.1, 0.15) is 30.5 Å². The normalized spacial score (nSPS) is 12.5. The summed E-state index contributed by atoms with van der Waals surface area (Å²) in [6, 6.07) is 9.78. The third-order valence-electron chi connectivity index (χ3n) is 4.83. The van der Waals surface area contributed by atoms with Crippen LogP contribution in [0.5, 0.6) is 0 Å². The first-order chi connectivity index (χ1) is 14.0. The van der Waals surface area contributed by atoms with E-state index in [-0.39, 0.29) is 18.1 Å². The number of hydrogen-bond donors (Lipinski definition) is 2. The van der Waals surface area contributed by atoms with Crippen LogP contribution >= 0.6 is 0 Å². The molecule has 0 aliphatic rings. The number of carbonyl (C=O) groups is 2. The monoisotopic (exact) mass is 421 g/mol. The van der Waals surface area contributed by atoms with Crippen LogP contribution in [-0.4, -0.2) is 35.8 Å². The third kappa shape index (κ3) is 6.06. The fourth-order valence-electron chi connectivity index (χ4n) is 3.09. The Labute approximate surface area is 174 Å². The molecule has 0 radical (unpaired) electrons. The number of nitrogens with one attached hydrogen (secondary N) is 2. The zero-order chi connectivity index (χ0) is 22.5. The fraction of sp³-hybridized carbons (Fsp3) is 0.364. The summed E-state index contributed by atoms with van der Waals surface area (Å²) in [5, 5.41) is 5.15. The molecule has 5 nitrogen and oxygen atoms in total. The molecule has 1 atom stereocenters. The number of amides is 2. The SMILES string of the molecule is CCN(CC(=O)Nc1ccccc1C(F)(F)F)C(C)C(=O)Nc1ccc(C)cc1C. The molecule has 0 saturated carbocycles. The molecular weight excluding hydrogens is 395 g/mol. The van der Waals surface area contributed by atoms with Crippen LogP contribution in [0.2, 0.25) is 0 Å². The van der Waals surface area contributed by atoms with Gasteiger partial charge in [0.2, 0.25) is 11.8 Å². The average molecular weight is 421 g/mol. The minimum Gasteiger partial charge on any atom is -0.324 e. The molecule has 30 heavy (non-hydrogen) atoms. The van der Waals surface area contributed by atoms with Crippen molar-refractivity contribution in [1.29, 1.82) is 0 Å². The Morgan fingerprint density at radius 1 is 1.03 bits per heavy atom. The van der Waals surface area contributed by atoms with E-state index in [9.17, 15) is 22.8 Å². The zero-order valence-electron chi connectivity index (χ0n) is 17.4. The molecule has 0 aliphatic heterocycles. The van der Waals surface area contributed by atoms with Crippen molar-refractivity contribution in [3.63, 3.8) is 0 Å². The maximum atomic E-state index is 13.1. The Hall–Kier alpha value is -2.87. The van der Waals surface area contributed by atoms with Crippen LogP contribution in [0, 0.1) is 13.8 Å².